The van der Waals surface area contributed by atoms with E-state index in [0.717, 1.165) is 0 Å². The fourth-order valence-electron chi connectivity index (χ4n) is 1.95. The van der Waals surface area contributed by atoms with Crippen LogP contribution in [0.4, 0.5) is 4.79 Å². The number of imide groups is 1. The van der Waals surface area contributed by atoms with Crippen LogP contribution in [0.1, 0.15) is 24.2 Å². The molecule has 1 aliphatic rings. The van der Waals surface area contributed by atoms with Gasteiger partial charge in [0.1, 0.15) is 6.54 Å². The molecule has 10 nitrogen and oxygen atoms in total. The van der Waals surface area contributed by atoms with E-state index >= 15 is 0 Å². The zero-order chi connectivity index (χ0) is 19.1. The van der Waals surface area contributed by atoms with E-state index in [9.17, 15) is 19.2 Å². The van der Waals surface area contributed by atoms with Gasteiger partial charge in [-0.2, -0.15) is 0 Å². The second kappa shape index (κ2) is 8.70. The molecule has 1 heterocycles. The predicted molar refractivity (Wildman–Crippen MR) is 87.7 cm³/mol. The summed E-state index contributed by atoms with van der Waals surface area (Å²) in [6.07, 6.45) is 0. The van der Waals surface area contributed by atoms with E-state index in [1.54, 1.807) is 19.9 Å². The molecule has 0 fully saturated rings. The Morgan fingerprint density at radius 2 is 1.88 bits per heavy atom. The van der Waals surface area contributed by atoms with Crippen molar-refractivity contribution in [2.45, 2.75) is 19.9 Å². The summed E-state index contributed by atoms with van der Waals surface area (Å²) >= 11 is 0. The van der Waals surface area contributed by atoms with Crippen molar-refractivity contribution < 1.29 is 33.4 Å². The molecular formula is C16H19N3O7. The van der Waals surface area contributed by atoms with Crippen molar-refractivity contribution >= 4 is 23.8 Å². The highest BCUT2D eigenvalue weighted by Crippen LogP contribution is 2.32. The number of urea groups is 1. The van der Waals surface area contributed by atoms with Gasteiger partial charge in [0, 0.05) is 11.6 Å². The number of hydrogen-bond acceptors (Lipinski definition) is 7. The number of carbonyl (C=O) groups excluding carboxylic acids is 4. The normalized spacial score (nSPS) is 11.7. The molecule has 1 aromatic carbocycles. The highest BCUT2D eigenvalue weighted by Gasteiger charge is 2.17. The Labute approximate surface area is 149 Å². The van der Waals surface area contributed by atoms with Crippen molar-refractivity contribution in [1.82, 2.24) is 16.0 Å². The van der Waals surface area contributed by atoms with Gasteiger partial charge in [-0.15, -0.1) is 0 Å². The number of fused-ring (bicyclic) bond motifs is 1. The van der Waals surface area contributed by atoms with Crippen LogP contribution in [0.2, 0.25) is 0 Å². The number of ether oxygens (including phenoxy) is 3. The van der Waals surface area contributed by atoms with Crippen molar-refractivity contribution in [2.24, 2.45) is 0 Å². The first-order valence-electron chi connectivity index (χ1n) is 7.79. The largest absolute Gasteiger partial charge is 0.454 e. The fraction of sp³-hybridized carbons (Fsp3) is 0.375. The summed E-state index contributed by atoms with van der Waals surface area (Å²) in [7, 11) is 0. The minimum atomic E-state index is -0.821. The van der Waals surface area contributed by atoms with Crippen LogP contribution < -0.4 is 25.4 Å². The molecule has 2 rings (SSSR count). The molecule has 140 valence electrons. The van der Waals surface area contributed by atoms with Gasteiger partial charge in [0.25, 0.3) is 11.8 Å². The summed E-state index contributed by atoms with van der Waals surface area (Å²) < 4.78 is 15.0. The Kier molecular flexibility index (Phi) is 6.36. The van der Waals surface area contributed by atoms with Crippen molar-refractivity contribution in [3.63, 3.8) is 0 Å². The second-order valence-electron chi connectivity index (χ2n) is 5.59. The van der Waals surface area contributed by atoms with Gasteiger partial charge < -0.3 is 24.8 Å². The monoisotopic (exact) mass is 365 g/mol. The Hall–Kier alpha value is -3.30. The van der Waals surface area contributed by atoms with Crippen LogP contribution in [0.5, 0.6) is 11.5 Å². The molecule has 3 N–H and O–H groups in total. The highest BCUT2D eigenvalue weighted by molar-refractivity contribution is 5.97. The molecule has 26 heavy (non-hydrogen) atoms. The summed E-state index contributed by atoms with van der Waals surface area (Å²) in [5, 5.41) is 6.81. The van der Waals surface area contributed by atoms with Crippen LogP contribution in [-0.2, 0) is 14.3 Å². The van der Waals surface area contributed by atoms with Crippen LogP contribution in [0.3, 0.4) is 0 Å². The molecule has 0 atom stereocenters. The summed E-state index contributed by atoms with van der Waals surface area (Å²) in [6.45, 7) is 2.48. The average molecular weight is 365 g/mol. The molecule has 10 heteroatoms. The number of carbonyl (C=O) groups is 4. The molecule has 0 saturated carbocycles. The van der Waals surface area contributed by atoms with Gasteiger partial charge in [-0.25, -0.2) is 4.79 Å². The van der Waals surface area contributed by atoms with E-state index in [4.69, 9.17) is 9.47 Å². The maximum atomic E-state index is 12.0. The van der Waals surface area contributed by atoms with E-state index in [-0.39, 0.29) is 18.4 Å². The van der Waals surface area contributed by atoms with Gasteiger partial charge in [0.05, 0.1) is 0 Å². The molecule has 1 aromatic rings. The van der Waals surface area contributed by atoms with Gasteiger partial charge in [-0.3, -0.25) is 19.7 Å². The molecule has 0 unspecified atom stereocenters. The zero-order valence-corrected chi connectivity index (χ0v) is 14.3. The van der Waals surface area contributed by atoms with Crippen LogP contribution in [0.25, 0.3) is 0 Å². The first-order chi connectivity index (χ1) is 12.3. The number of rotatable bonds is 6. The maximum Gasteiger partial charge on any atom is 0.325 e. The Bertz CT molecular complexity index is 718. The third kappa shape index (κ3) is 5.65. The summed E-state index contributed by atoms with van der Waals surface area (Å²) in [4.78, 5) is 46.3. The first kappa shape index (κ1) is 19.0. The Morgan fingerprint density at radius 3 is 2.62 bits per heavy atom. The SMILES string of the molecule is CC(C)NC(=O)NC(=O)COC(=O)CNC(=O)c1ccc2c(c1)OCO2. The Morgan fingerprint density at radius 1 is 1.15 bits per heavy atom. The van der Waals surface area contributed by atoms with Crippen LogP contribution in [0.15, 0.2) is 18.2 Å². The third-order valence-electron chi connectivity index (χ3n) is 3.07. The van der Waals surface area contributed by atoms with Gasteiger partial charge in [-0.05, 0) is 32.0 Å². The van der Waals surface area contributed by atoms with E-state index < -0.39 is 37.0 Å². The van der Waals surface area contributed by atoms with Crippen molar-refractivity contribution in [1.29, 1.82) is 0 Å². The average Bonchev–Trinajstić information content (AvgIpc) is 3.04. The fourth-order valence-corrected chi connectivity index (χ4v) is 1.95. The number of nitrogens with one attached hydrogen (secondary N) is 3. The number of hydrogen-bond donors (Lipinski definition) is 3. The van der Waals surface area contributed by atoms with E-state index in [1.807, 2.05) is 5.32 Å². The lowest BCUT2D eigenvalue weighted by Gasteiger charge is -2.09. The predicted octanol–water partition coefficient (Wildman–Crippen LogP) is -0.0775. The van der Waals surface area contributed by atoms with Crippen molar-refractivity contribution in [3.05, 3.63) is 23.8 Å². The first-order valence-corrected chi connectivity index (χ1v) is 7.79. The zero-order valence-electron chi connectivity index (χ0n) is 14.3. The molecule has 0 aromatic heterocycles. The molecule has 0 bridgehead atoms. The summed E-state index contributed by atoms with van der Waals surface area (Å²) in [6, 6.07) is 3.77. The van der Waals surface area contributed by atoms with E-state index in [0.29, 0.717) is 11.5 Å². The van der Waals surface area contributed by atoms with E-state index in [1.165, 1.54) is 12.1 Å². The molecule has 1 aliphatic heterocycles. The Balaban J connectivity index is 1.70. The number of benzene rings is 1. The van der Waals surface area contributed by atoms with Gasteiger partial charge in [0.2, 0.25) is 6.79 Å². The van der Waals surface area contributed by atoms with Gasteiger partial charge in [0.15, 0.2) is 18.1 Å². The van der Waals surface area contributed by atoms with Crippen LogP contribution in [0, 0.1) is 0 Å². The van der Waals surface area contributed by atoms with Crippen molar-refractivity contribution in [3.8, 4) is 11.5 Å². The lowest BCUT2D eigenvalue weighted by atomic mass is 10.2. The van der Waals surface area contributed by atoms with Crippen LogP contribution in [-0.4, -0.2) is 49.8 Å². The van der Waals surface area contributed by atoms with E-state index in [2.05, 4.69) is 15.4 Å². The quantitative estimate of drug-likeness (QED) is 0.601. The minimum Gasteiger partial charge on any atom is -0.454 e. The summed E-state index contributed by atoms with van der Waals surface area (Å²) in [5.41, 5.74) is 0.283. The maximum absolute atomic E-state index is 12.0. The van der Waals surface area contributed by atoms with Gasteiger partial charge >= 0.3 is 12.0 Å². The molecule has 4 amide bonds. The number of esters is 1. The molecule has 0 radical (unpaired) electrons. The highest BCUT2D eigenvalue weighted by atomic mass is 16.7. The van der Waals surface area contributed by atoms with Gasteiger partial charge in [-0.1, -0.05) is 0 Å². The smallest absolute Gasteiger partial charge is 0.325 e. The lowest BCUT2D eigenvalue weighted by Crippen LogP contribution is -2.44. The lowest BCUT2D eigenvalue weighted by molar-refractivity contribution is -0.147. The number of amides is 4. The third-order valence-corrected chi connectivity index (χ3v) is 3.07. The second-order valence-corrected chi connectivity index (χ2v) is 5.59. The topological polar surface area (TPSA) is 132 Å². The standard InChI is InChI=1S/C16H19N3O7/c1-9(2)18-16(23)19-13(20)7-24-14(21)6-17-15(22)10-3-4-11-12(5-10)26-8-25-11/h3-5,9H,6-8H2,1-2H3,(H,17,22)(H2,18,19,20,23). The van der Waals surface area contributed by atoms with Crippen molar-refractivity contribution in [2.75, 3.05) is 19.9 Å². The molecular weight excluding hydrogens is 346 g/mol. The summed E-state index contributed by atoms with van der Waals surface area (Å²) in [5.74, 6) is -1.14. The molecule has 0 aliphatic carbocycles. The van der Waals surface area contributed by atoms with Crippen LogP contribution >= 0.6 is 0 Å². The minimum absolute atomic E-state index is 0.0873. The molecule has 0 saturated heterocycles. The molecule has 0 spiro atoms.